The number of aliphatic hydroxyl groups is 2. The minimum Gasteiger partial charge on any atom is -0.394 e. The fraction of sp³-hybridized carbons (Fsp3) is 0.455. The highest BCUT2D eigenvalue weighted by molar-refractivity contribution is 5.82. The van der Waals surface area contributed by atoms with Gasteiger partial charge in [-0.25, -0.2) is 4.98 Å². The summed E-state index contributed by atoms with van der Waals surface area (Å²) in [6.07, 6.45) is 1.58. The van der Waals surface area contributed by atoms with Crippen molar-refractivity contribution in [1.29, 1.82) is 0 Å². The van der Waals surface area contributed by atoms with Crippen LogP contribution in [0.3, 0.4) is 0 Å². The SMILES string of the molecule is [15NH2][13c]1[15n]c2c3[15n]cn([C@H]4C[C@H](O)[C@@H](CO)O4)c3nc[n+]2o1. The molecule has 3 aromatic rings. The van der Waals surface area contributed by atoms with Crippen molar-refractivity contribution in [3.05, 3.63) is 12.7 Å². The number of aromatic nitrogens is 5. The lowest BCUT2D eigenvalue weighted by Crippen LogP contribution is -2.24. The molecule has 4 rings (SSSR count). The zero-order chi connectivity index (χ0) is 14.6. The normalized spacial score (nSPS) is 26.1. The second kappa shape index (κ2) is 4.35. The van der Waals surface area contributed by atoms with Crippen molar-refractivity contribution in [3.8, 4) is 0 Å². The minimum atomic E-state index is -0.724. The van der Waals surface area contributed by atoms with Crippen LogP contribution in [0.5, 0.6) is 0 Å². The molecular formula is C11H13N6O4+. The number of rotatable bonds is 2. The summed E-state index contributed by atoms with van der Waals surface area (Å²) in [5.41, 5.74) is 7.03. The predicted molar refractivity (Wildman–Crippen MR) is 66.8 cm³/mol. The number of aliphatic hydroxyl groups excluding tert-OH is 2. The summed E-state index contributed by atoms with van der Waals surface area (Å²) in [5, 5.41) is 19.0. The summed E-state index contributed by atoms with van der Waals surface area (Å²) in [6, 6.07) is 0.0201. The molecule has 0 bridgehead atoms. The van der Waals surface area contributed by atoms with Crippen molar-refractivity contribution in [3.63, 3.8) is 0 Å². The second-order valence-electron chi connectivity index (χ2n) is 4.87. The highest BCUT2D eigenvalue weighted by atomic mass is 16.6. The van der Waals surface area contributed by atoms with E-state index >= 15 is 0 Å². The highest BCUT2D eigenvalue weighted by Gasteiger charge is 2.36. The van der Waals surface area contributed by atoms with Crippen molar-refractivity contribution < 1.29 is 24.0 Å². The fourth-order valence-electron chi connectivity index (χ4n) is 2.56. The van der Waals surface area contributed by atoms with E-state index in [1.807, 2.05) is 0 Å². The van der Waals surface area contributed by atoms with E-state index in [4.69, 9.17) is 20.1 Å². The first-order valence-corrected chi connectivity index (χ1v) is 6.41. The largest absolute Gasteiger partial charge is 0.406 e. The molecule has 0 aliphatic carbocycles. The van der Waals surface area contributed by atoms with Crippen molar-refractivity contribution in [1.82, 2.24) is 19.5 Å². The van der Waals surface area contributed by atoms with Crippen LogP contribution in [-0.4, -0.2) is 48.5 Å². The van der Waals surface area contributed by atoms with E-state index in [1.165, 1.54) is 10.9 Å². The zero-order valence-electron chi connectivity index (χ0n) is 10.8. The number of nitrogen functional groups attached to an aromatic ring is 1. The standard InChI is InChI=1S/C11H12N6O4/c12-11-15-10-8-9(14-4-17(10)21-11)16(3-13-8)7-1-5(19)6(2-18)20-7/h3-7,12,18-19H,1-2H2/p+1/t5-,6+,7+/m0/s1/i11+1,12+1,13+1,15+1. The van der Waals surface area contributed by atoms with Gasteiger partial charge < -0.3 is 20.7 Å². The Morgan fingerprint density at radius 3 is 3.10 bits per heavy atom. The quantitative estimate of drug-likeness (QED) is 0.379. The third-order valence-corrected chi connectivity index (χ3v) is 3.58. The molecule has 0 radical (unpaired) electrons. The molecule has 0 saturated carbocycles. The maximum atomic E-state index is 9.82. The van der Waals surface area contributed by atoms with Gasteiger partial charge in [0.25, 0.3) is 6.33 Å². The number of hydrogen-bond donors (Lipinski definition) is 3. The third kappa shape index (κ3) is 1.77. The molecule has 0 aromatic carbocycles. The Hall–Kier alpha value is -2.30. The van der Waals surface area contributed by atoms with Gasteiger partial charge in [0.2, 0.25) is 11.2 Å². The summed E-state index contributed by atoms with van der Waals surface area (Å²) < 4.78 is 13.8. The van der Waals surface area contributed by atoms with Crippen molar-refractivity contribution >= 4 is 22.8 Å². The van der Waals surface area contributed by atoms with E-state index in [2.05, 4.69) is 15.0 Å². The molecule has 10 heteroatoms. The maximum Gasteiger partial charge on any atom is 0.406 e. The molecule has 3 atom stereocenters. The first-order chi connectivity index (χ1) is 10.2. The van der Waals surface area contributed by atoms with Gasteiger partial charge >= 0.3 is 11.7 Å². The van der Waals surface area contributed by atoms with Crippen LogP contribution >= 0.6 is 0 Å². The molecule has 4 N–H and O–H groups in total. The number of imidazole rings is 1. The number of nitrogens with two attached hydrogens (primary N) is 1. The zero-order valence-corrected chi connectivity index (χ0v) is 10.8. The molecule has 110 valence electrons. The molecule has 0 spiro atoms. The second-order valence-corrected chi connectivity index (χ2v) is 4.87. The van der Waals surface area contributed by atoms with Crippen LogP contribution in [-0.2, 0) is 4.74 Å². The van der Waals surface area contributed by atoms with Gasteiger partial charge in [0, 0.05) is 6.42 Å². The van der Waals surface area contributed by atoms with Crippen LogP contribution in [0.1, 0.15) is 12.6 Å². The lowest BCUT2D eigenvalue weighted by atomic mass is 10.2. The average Bonchev–Trinajstić information content (AvgIpc) is 3.12. The molecule has 0 unspecified atom stereocenters. The van der Waals surface area contributed by atoms with E-state index in [1.54, 1.807) is 10.9 Å². The Morgan fingerprint density at radius 2 is 2.33 bits per heavy atom. The smallest absolute Gasteiger partial charge is 0.394 e. The summed E-state index contributed by atoms with van der Waals surface area (Å²) in [6.45, 7) is -0.238. The van der Waals surface area contributed by atoms with E-state index in [0.717, 1.165) is 0 Å². The van der Waals surface area contributed by atoms with Gasteiger partial charge in [0.05, 0.1) is 12.7 Å². The summed E-state index contributed by atoms with van der Waals surface area (Å²) in [7, 11) is 0. The van der Waals surface area contributed by atoms with Gasteiger partial charge in [0.1, 0.15) is 18.7 Å². The van der Waals surface area contributed by atoms with Crippen molar-refractivity contribution in [2.75, 3.05) is 12.3 Å². The van der Waals surface area contributed by atoms with Gasteiger partial charge in [-0.2, -0.15) is 0 Å². The van der Waals surface area contributed by atoms with Crippen LogP contribution < -0.4 is 10.3 Å². The first-order valence-electron chi connectivity index (χ1n) is 6.41. The number of anilines is 1. The Labute approximate surface area is 117 Å². The van der Waals surface area contributed by atoms with Gasteiger partial charge in [0.15, 0.2) is 0 Å². The van der Waals surface area contributed by atoms with Crippen molar-refractivity contribution in [2.45, 2.75) is 24.9 Å². The molecule has 10 nitrogen and oxygen atoms in total. The molecule has 1 saturated heterocycles. The third-order valence-electron chi connectivity index (χ3n) is 3.58. The van der Waals surface area contributed by atoms with Gasteiger partial charge in [-0.15, -0.1) is 0 Å². The molecule has 1 aliphatic rings. The highest BCUT2D eigenvalue weighted by Crippen LogP contribution is 2.30. The minimum absolute atomic E-state index is 0.0201. The first kappa shape index (κ1) is 12.4. The Kier molecular flexibility index (Phi) is 2.58. The van der Waals surface area contributed by atoms with E-state index in [-0.39, 0.29) is 12.6 Å². The predicted octanol–water partition coefficient (Wildman–Crippen LogP) is -1.62. The topological polar surface area (TPSA) is 137 Å². The summed E-state index contributed by atoms with van der Waals surface area (Å²) in [4.78, 5) is 12.6. The van der Waals surface area contributed by atoms with Gasteiger partial charge in [-0.05, 0) is 9.56 Å². The van der Waals surface area contributed by atoms with Crippen LogP contribution in [0.2, 0.25) is 0 Å². The molecule has 21 heavy (non-hydrogen) atoms. The van der Waals surface area contributed by atoms with E-state index < -0.39 is 18.4 Å². The lowest BCUT2D eigenvalue weighted by Gasteiger charge is -2.12. The number of hydrogen-bond acceptors (Lipinski definition) is 8. The average molecular weight is 297 g/mol. The monoisotopic (exact) mass is 297 g/mol. The molecule has 0 amide bonds. The Morgan fingerprint density at radius 1 is 1.48 bits per heavy atom. The maximum absolute atomic E-state index is 9.82. The van der Waals surface area contributed by atoms with Gasteiger partial charge in [-0.1, -0.05) is 4.98 Å². The van der Waals surface area contributed by atoms with E-state index in [9.17, 15) is 5.11 Å². The molecule has 4 heterocycles. The molecule has 1 aliphatic heterocycles. The molecular weight excluding hydrogens is 284 g/mol. The Balaban J connectivity index is 1.82. The van der Waals surface area contributed by atoms with Crippen LogP contribution in [0, 0.1) is 0 Å². The number of nitrogens with zero attached hydrogens (tertiary/aromatic N) is 5. The van der Waals surface area contributed by atoms with E-state index in [0.29, 0.717) is 23.2 Å². The van der Waals surface area contributed by atoms with Crippen LogP contribution in [0.25, 0.3) is 16.8 Å². The summed E-state index contributed by atoms with van der Waals surface area (Å²) in [5.74, 6) is 0. The fourth-order valence-corrected chi connectivity index (χ4v) is 2.56. The summed E-state index contributed by atoms with van der Waals surface area (Å²) >= 11 is 0. The lowest BCUT2D eigenvalue weighted by molar-refractivity contribution is -0.716. The van der Waals surface area contributed by atoms with Gasteiger partial charge in [-0.3, -0.25) is 9.09 Å². The Bertz CT molecular complexity index is 814. The number of ether oxygens (including phenoxy) is 1. The number of fused-ring (bicyclic) bond motifs is 3. The van der Waals surface area contributed by atoms with Crippen LogP contribution in [0.15, 0.2) is 17.2 Å². The van der Waals surface area contributed by atoms with Crippen LogP contribution in [0.4, 0.5) is 6.01 Å². The van der Waals surface area contributed by atoms with Crippen molar-refractivity contribution in [2.24, 2.45) is 0 Å². The molecule has 1 fully saturated rings. The molecule has 3 aromatic heterocycles.